The van der Waals surface area contributed by atoms with Gasteiger partial charge in [-0.1, -0.05) is 29.3 Å². The quantitative estimate of drug-likeness (QED) is 0.850. The molecule has 0 radical (unpaired) electrons. The van der Waals surface area contributed by atoms with Gasteiger partial charge in [-0.3, -0.25) is 0 Å². The third kappa shape index (κ3) is 4.31. The zero-order chi connectivity index (χ0) is 14.6. The van der Waals surface area contributed by atoms with E-state index in [0.717, 1.165) is 5.56 Å². The lowest BCUT2D eigenvalue weighted by Crippen LogP contribution is -2.50. The predicted octanol–water partition coefficient (Wildman–Crippen LogP) is 1.28. The summed E-state index contributed by atoms with van der Waals surface area (Å²) in [7, 11) is -3.40. The molecule has 1 aromatic carbocycles. The Morgan fingerprint density at radius 1 is 1.25 bits per heavy atom. The zero-order valence-corrected chi connectivity index (χ0v) is 13.2. The Morgan fingerprint density at radius 3 is 2.60 bits per heavy atom. The van der Waals surface area contributed by atoms with Gasteiger partial charge in [0.2, 0.25) is 0 Å². The Bertz CT molecular complexity index is 560. The van der Waals surface area contributed by atoms with Crippen LogP contribution in [-0.2, 0) is 16.6 Å². The van der Waals surface area contributed by atoms with Gasteiger partial charge >= 0.3 is 0 Å². The smallest absolute Gasteiger partial charge is 0.279 e. The van der Waals surface area contributed by atoms with Crippen LogP contribution in [0.15, 0.2) is 18.2 Å². The Balaban J connectivity index is 1.88. The van der Waals surface area contributed by atoms with Crippen LogP contribution < -0.4 is 10.0 Å². The number of piperazine rings is 1. The second-order valence-electron chi connectivity index (χ2n) is 4.53. The van der Waals surface area contributed by atoms with Crippen LogP contribution in [0.2, 0.25) is 10.0 Å². The summed E-state index contributed by atoms with van der Waals surface area (Å²) in [6.07, 6.45) is 0.529. The van der Waals surface area contributed by atoms with E-state index in [0.29, 0.717) is 49.2 Å². The average Bonchev–Trinajstić information content (AvgIpc) is 2.42. The summed E-state index contributed by atoms with van der Waals surface area (Å²) in [6, 6.07) is 5.21. The first kappa shape index (κ1) is 16.0. The second-order valence-corrected chi connectivity index (χ2v) is 7.13. The minimum atomic E-state index is -3.40. The standard InChI is InChI=1S/C12H17Cl2N3O2S/c13-11-2-1-10(12(14)9-11)3-4-16-20(18,19)17-7-5-15-6-8-17/h1-2,9,15-16H,3-8H2. The van der Waals surface area contributed by atoms with Gasteiger partial charge in [-0.2, -0.15) is 12.7 Å². The van der Waals surface area contributed by atoms with Crippen LogP contribution in [0.1, 0.15) is 5.56 Å². The molecule has 0 bridgehead atoms. The summed E-state index contributed by atoms with van der Waals surface area (Å²) in [5, 5.41) is 4.24. The monoisotopic (exact) mass is 337 g/mol. The van der Waals surface area contributed by atoms with Gasteiger partial charge in [-0.25, -0.2) is 4.72 Å². The second kappa shape index (κ2) is 7.06. The summed E-state index contributed by atoms with van der Waals surface area (Å²) in [5.41, 5.74) is 0.874. The molecular formula is C12H17Cl2N3O2S. The Morgan fingerprint density at radius 2 is 1.95 bits per heavy atom. The van der Waals surface area contributed by atoms with Gasteiger partial charge in [0.15, 0.2) is 0 Å². The maximum atomic E-state index is 12.0. The first-order valence-corrected chi connectivity index (χ1v) is 8.58. The minimum Gasteiger partial charge on any atom is -0.314 e. The molecule has 20 heavy (non-hydrogen) atoms. The number of rotatable bonds is 5. The zero-order valence-electron chi connectivity index (χ0n) is 10.9. The van der Waals surface area contributed by atoms with Gasteiger partial charge in [0, 0.05) is 42.8 Å². The molecule has 1 aromatic rings. The van der Waals surface area contributed by atoms with Gasteiger partial charge in [0.1, 0.15) is 0 Å². The van der Waals surface area contributed by atoms with Gasteiger partial charge in [0.25, 0.3) is 10.2 Å². The van der Waals surface area contributed by atoms with Gasteiger partial charge in [-0.05, 0) is 24.1 Å². The normalized spacial score (nSPS) is 17.3. The molecule has 1 aliphatic rings. The summed E-state index contributed by atoms with van der Waals surface area (Å²) in [4.78, 5) is 0. The van der Waals surface area contributed by atoms with Crippen molar-refractivity contribution in [3.63, 3.8) is 0 Å². The first-order chi connectivity index (χ1) is 9.49. The van der Waals surface area contributed by atoms with Crippen LogP contribution in [0.4, 0.5) is 0 Å². The van der Waals surface area contributed by atoms with Crippen molar-refractivity contribution in [1.29, 1.82) is 0 Å². The predicted molar refractivity (Wildman–Crippen MR) is 81.5 cm³/mol. The lowest BCUT2D eigenvalue weighted by atomic mass is 10.1. The molecule has 112 valence electrons. The van der Waals surface area contributed by atoms with Crippen LogP contribution >= 0.6 is 23.2 Å². The molecule has 0 spiro atoms. The highest BCUT2D eigenvalue weighted by Crippen LogP contribution is 2.21. The molecule has 2 rings (SSSR count). The van der Waals surface area contributed by atoms with Crippen molar-refractivity contribution < 1.29 is 8.42 Å². The number of nitrogens with one attached hydrogen (secondary N) is 2. The molecule has 0 atom stereocenters. The van der Waals surface area contributed by atoms with Crippen LogP contribution in [0.5, 0.6) is 0 Å². The summed E-state index contributed by atoms with van der Waals surface area (Å²) >= 11 is 11.9. The fourth-order valence-electron chi connectivity index (χ4n) is 2.02. The Hall–Kier alpha value is -0.370. The maximum absolute atomic E-state index is 12.0. The van der Waals surface area contributed by atoms with Gasteiger partial charge in [0.05, 0.1) is 0 Å². The van der Waals surface area contributed by atoms with E-state index >= 15 is 0 Å². The van der Waals surface area contributed by atoms with E-state index in [-0.39, 0.29) is 0 Å². The van der Waals surface area contributed by atoms with Crippen LogP contribution in [0.25, 0.3) is 0 Å². The van der Waals surface area contributed by atoms with Crippen molar-refractivity contribution in [2.75, 3.05) is 32.7 Å². The van der Waals surface area contributed by atoms with Crippen LogP contribution in [-0.4, -0.2) is 45.4 Å². The molecule has 1 saturated heterocycles. The molecule has 0 saturated carbocycles. The molecule has 0 amide bonds. The molecule has 0 unspecified atom stereocenters. The van der Waals surface area contributed by atoms with E-state index in [1.165, 1.54) is 4.31 Å². The lowest BCUT2D eigenvalue weighted by molar-refractivity contribution is 0.355. The van der Waals surface area contributed by atoms with E-state index in [2.05, 4.69) is 10.0 Å². The molecule has 0 aliphatic carbocycles. The number of hydrogen-bond acceptors (Lipinski definition) is 3. The van der Waals surface area contributed by atoms with Crippen LogP contribution in [0.3, 0.4) is 0 Å². The Labute approximate surface area is 129 Å². The van der Waals surface area contributed by atoms with E-state index in [4.69, 9.17) is 23.2 Å². The van der Waals surface area contributed by atoms with Gasteiger partial charge in [-0.15, -0.1) is 0 Å². The third-order valence-corrected chi connectivity index (χ3v) is 5.31. The molecule has 1 heterocycles. The van der Waals surface area contributed by atoms with Crippen molar-refractivity contribution in [3.05, 3.63) is 33.8 Å². The van der Waals surface area contributed by atoms with Crippen molar-refractivity contribution in [1.82, 2.24) is 14.3 Å². The number of hydrogen-bond donors (Lipinski definition) is 2. The number of nitrogens with zero attached hydrogens (tertiary/aromatic N) is 1. The summed E-state index contributed by atoms with van der Waals surface area (Å²) < 4.78 is 28.1. The molecular weight excluding hydrogens is 321 g/mol. The van der Waals surface area contributed by atoms with Crippen molar-refractivity contribution in [2.45, 2.75) is 6.42 Å². The largest absolute Gasteiger partial charge is 0.314 e. The maximum Gasteiger partial charge on any atom is 0.279 e. The Kier molecular flexibility index (Phi) is 5.65. The molecule has 8 heteroatoms. The van der Waals surface area contributed by atoms with E-state index in [9.17, 15) is 8.42 Å². The lowest BCUT2D eigenvalue weighted by Gasteiger charge is -2.26. The molecule has 2 N–H and O–H groups in total. The SMILES string of the molecule is O=S(=O)(NCCc1ccc(Cl)cc1Cl)N1CCNCC1. The topological polar surface area (TPSA) is 61.4 Å². The highest BCUT2D eigenvalue weighted by molar-refractivity contribution is 7.87. The van der Waals surface area contributed by atoms with Crippen LogP contribution in [0, 0.1) is 0 Å². The van der Waals surface area contributed by atoms with Crippen molar-refractivity contribution in [2.24, 2.45) is 0 Å². The highest BCUT2D eigenvalue weighted by atomic mass is 35.5. The van der Waals surface area contributed by atoms with E-state index in [1.807, 2.05) is 6.07 Å². The van der Waals surface area contributed by atoms with E-state index in [1.54, 1.807) is 12.1 Å². The molecule has 1 fully saturated rings. The first-order valence-electron chi connectivity index (χ1n) is 6.38. The highest BCUT2D eigenvalue weighted by Gasteiger charge is 2.22. The van der Waals surface area contributed by atoms with Crippen molar-refractivity contribution in [3.8, 4) is 0 Å². The summed E-state index contributed by atoms with van der Waals surface area (Å²) in [5.74, 6) is 0. The number of halogens is 2. The number of benzene rings is 1. The average molecular weight is 338 g/mol. The summed E-state index contributed by atoms with van der Waals surface area (Å²) in [6.45, 7) is 2.68. The molecule has 0 aromatic heterocycles. The van der Waals surface area contributed by atoms with E-state index < -0.39 is 10.2 Å². The molecule has 5 nitrogen and oxygen atoms in total. The fourth-order valence-corrected chi connectivity index (χ4v) is 3.72. The van der Waals surface area contributed by atoms with Crippen molar-refractivity contribution >= 4 is 33.4 Å². The fraction of sp³-hybridized carbons (Fsp3) is 0.500. The minimum absolute atomic E-state index is 0.313. The third-order valence-electron chi connectivity index (χ3n) is 3.11. The van der Waals surface area contributed by atoms with Gasteiger partial charge < -0.3 is 5.32 Å². The molecule has 1 aliphatic heterocycles.